The molecule has 116 valence electrons. The van der Waals surface area contributed by atoms with Crippen LogP contribution in [0.1, 0.15) is 32.3 Å². The van der Waals surface area contributed by atoms with E-state index in [1.807, 2.05) is 19.1 Å². The summed E-state index contributed by atoms with van der Waals surface area (Å²) in [5.41, 5.74) is 3.05. The zero-order valence-corrected chi connectivity index (χ0v) is 13.6. The number of amides is 1. The van der Waals surface area contributed by atoms with Crippen molar-refractivity contribution < 1.29 is 4.79 Å². The lowest BCUT2D eigenvalue weighted by molar-refractivity contribution is -0.114. The molecule has 1 heterocycles. The minimum absolute atomic E-state index is 0.0304. The topological polar surface area (TPSA) is 44.4 Å². The lowest BCUT2D eigenvalue weighted by Gasteiger charge is -2.34. The molecule has 0 aromatic heterocycles. The quantitative estimate of drug-likeness (QED) is 0.895. The van der Waals surface area contributed by atoms with E-state index in [0.717, 1.165) is 23.5 Å². The van der Waals surface area contributed by atoms with Crippen LogP contribution in [0.2, 0.25) is 0 Å². The molecule has 1 aliphatic rings. The highest BCUT2D eigenvalue weighted by Crippen LogP contribution is 2.24. The van der Waals surface area contributed by atoms with Gasteiger partial charge in [0.1, 0.15) is 0 Å². The number of anilines is 2. The Morgan fingerprint density at radius 3 is 2.86 bits per heavy atom. The van der Waals surface area contributed by atoms with Gasteiger partial charge in [-0.1, -0.05) is 6.07 Å². The first-order valence-corrected chi connectivity index (χ1v) is 7.79. The number of nitrogens with zero attached hydrogens (tertiary/aromatic N) is 1. The Bertz CT molecular complexity index is 501. The van der Waals surface area contributed by atoms with Crippen LogP contribution in [0.4, 0.5) is 11.4 Å². The smallest absolute Gasteiger partial charge is 0.221 e. The molecule has 0 saturated carbocycles. The second-order valence-electron chi connectivity index (χ2n) is 6.31. The molecule has 1 saturated heterocycles. The highest BCUT2D eigenvalue weighted by Gasteiger charge is 2.22. The van der Waals surface area contributed by atoms with Crippen molar-refractivity contribution in [2.45, 2.75) is 39.7 Å². The molecule has 2 unspecified atom stereocenters. The molecule has 1 aliphatic heterocycles. The fourth-order valence-corrected chi connectivity index (χ4v) is 3.03. The molecule has 4 nitrogen and oxygen atoms in total. The average molecular weight is 289 g/mol. The Balaban J connectivity index is 2.03. The highest BCUT2D eigenvalue weighted by atomic mass is 16.1. The third-order valence-electron chi connectivity index (χ3n) is 4.31. The largest absolute Gasteiger partial charge is 0.382 e. The molecular weight excluding hydrogens is 262 g/mol. The summed E-state index contributed by atoms with van der Waals surface area (Å²) in [6.45, 7) is 8.16. The second-order valence-corrected chi connectivity index (χ2v) is 6.31. The van der Waals surface area contributed by atoms with E-state index in [-0.39, 0.29) is 5.91 Å². The van der Waals surface area contributed by atoms with Crippen molar-refractivity contribution in [1.29, 1.82) is 0 Å². The van der Waals surface area contributed by atoms with Gasteiger partial charge in [-0.25, -0.2) is 0 Å². The van der Waals surface area contributed by atoms with Gasteiger partial charge in [0.15, 0.2) is 0 Å². The van der Waals surface area contributed by atoms with E-state index in [1.54, 1.807) is 6.92 Å². The van der Waals surface area contributed by atoms with E-state index in [1.165, 1.54) is 19.4 Å². The number of benzene rings is 1. The van der Waals surface area contributed by atoms with Gasteiger partial charge in [0.05, 0.1) is 0 Å². The lowest BCUT2D eigenvalue weighted by Crippen LogP contribution is -2.39. The molecule has 1 fully saturated rings. The maximum Gasteiger partial charge on any atom is 0.221 e. The van der Waals surface area contributed by atoms with Crippen LogP contribution in [0.15, 0.2) is 18.2 Å². The summed E-state index contributed by atoms with van der Waals surface area (Å²) >= 11 is 0. The number of carbonyl (C=O) groups excluding carboxylic acids is 1. The van der Waals surface area contributed by atoms with E-state index in [9.17, 15) is 4.79 Å². The SMILES string of the molecule is CC(=O)Nc1cc(NC(C)C2CCCN(C)C2)ccc1C. The van der Waals surface area contributed by atoms with E-state index < -0.39 is 0 Å². The van der Waals surface area contributed by atoms with Gasteiger partial charge < -0.3 is 15.5 Å². The van der Waals surface area contributed by atoms with Gasteiger partial charge in [0.2, 0.25) is 5.91 Å². The molecule has 2 N–H and O–H groups in total. The van der Waals surface area contributed by atoms with Crippen molar-refractivity contribution in [1.82, 2.24) is 4.90 Å². The molecular formula is C17H27N3O. The van der Waals surface area contributed by atoms with E-state index in [0.29, 0.717) is 12.0 Å². The number of rotatable bonds is 4. The summed E-state index contributed by atoms with van der Waals surface area (Å²) < 4.78 is 0. The number of carbonyl (C=O) groups is 1. The van der Waals surface area contributed by atoms with Crippen LogP contribution in [0.5, 0.6) is 0 Å². The zero-order chi connectivity index (χ0) is 15.4. The predicted octanol–water partition coefficient (Wildman–Crippen LogP) is 3.10. The summed E-state index contributed by atoms with van der Waals surface area (Å²) in [6, 6.07) is 6.59. The molecule has 1 aromatic rings. The van der Waals surface area contributed by atoms with Crippen LogP contribution in [-0.2, 0) is 4.79 Å². The van der Waals surface area contributed by atoms with Crippen molar-refractivity contribution in [2.75, 3.05) is 30.8 Å². The Hall–Kier alpha value is -1.55. The van der Waals surface area contributed by atoms with Crippen LogP contribution < -0.4 is 10.6 Å². The third-order valence-corrected chi connectivity index (χ3v) is 4.31. The van der Waals surface area contributed by atoms with Gasteiger partial charge in [-0.3, -0.25) is 4.79 Å². The van der Waals surface area contributed by atoms with Gasteiger partial charge in [-0.2, -0.15) is 0 Å². The molecule has 4 heteroatoms. The number of piperidine rings is 1. The summed E-state index contributed by atoms with van der Waals surface area (Å²) in [7, 11) is 2.19. The van der Waals surface area contributed by atoms with Crippen molar-refractivity contribution in [3.63, 3.8) is 0 Å². The minimum Gasteiger partial charge on any atom is -0.382 e. The molecule has 0 aliphatic carbocycles. The first-order chi connectivity index (χ1) is 9.95. The lowest BCUT2D eigenvalue weighted by atomic mass is 9.91. The fourth-order valence-electron chi connectivity index (χ4n) is 3.03. The number of hydrogen-bond donors (Lipinski definition) is 2. The Morgan fingerprint density at radius 2 is 2.19 bits per heavy atom. The molecule has 0 radical (unpaired) electrons. The van der Waals surface area contributed by atoms with Gasteiger partial charge in [0, 0.05) is 30.9 Å². The average Bonchev–Trinajstić information content (AvgIpc) is 2.42. The van der Waals surface area contributed by atoms with Gasteiger partial charge in [-0.05, 0) is 63.9 Å². The first kappa shape index (κ1) is 15.8. The number of aryl methyl sites for hydroxylation is 1. The number of hydrogen-bond acceptors (Lipinski definition) is 3. The van der Waals surface area contributed by atoms with Crippen LogP contribution >= 0.6 is 0 Å². The van der Waals surface area contributed by atoms with Crippen LogP contribution in [0, 0.1) is 12.8 Å². The summed E-state index contributed by atoms with van der Waals surface area (Å²) in [4.78, 5) is 13.7. The molecule has 2 rings (SSSR count). The van der Waals surface area contributed by atoms with Gasteiger partial charge >= 0.3 is 0 Å². The maximum absolute atomic E-state index is 11.2. The van der Waals surface area contributed by atoms with Gasteiger partial charge in [-0.15, -0.1) is 0 Å². The summed E-state index contributed by atoms with van der Waals surface area (Å²) in [6.07, 6.45) is 2.56. The molecule has 21 heavy (non-hydrogen) atoms. The first-order valence-electron chi connectivity index (χ1n) is 7.79. The van der Waals surface area contributed by atoms with Gasteiger partial charge in [0.25, 0.3) is 0 Å². The Labute approximate surface area is 127 Å². The highest BCUT2D eigenvalue weighted by molar-refractivity contribution is 5.90. The monoisotopic (exact) mass is 289 g/mol. The fraction of sp³-hybridized carbons (Fsp3) is 0.588. The zero-order valence-electron chi connectivity index (χ0n) is 13.6. The molecule has 0 spiro atoms. The molecule has 2 atom stereocenters. The maximum atomic E-state index is 11.2. The molecule has 1 aromatic carbocycles. The van der Waals surface area contributed by atoms with Crippen molar-refractivity contribution in [2.24, 2.45) is 5.92 Å². The number of likely N-dealkylation sites (tertiary alicyclic amines) is 1. The van der Waals surface area contributed by atoms with E-state index >= 15 is 0 Å². The van der Waals surface area contributed by atoms with E-state index in [4.69, 9.17) is 0 Å². The van der Waals surface area contributed by atoms with Crippen molar-refractivity contribution in [3.8, 4) is 0 Å². The normalized spacial score (nSPS) is 20.9. The molecule has 1 amide bonds. The summed E-state index contributed by atoms with van der Waals surface area (Å²) in [5.74, 6) is 0.645. The predicted molar refractivity (Wildman–Crippen MR) is 88.8 cm³/mol. The minimum atomic E-state index is -0.0304. The standard InChI is InChI=1S/C17H27N3O/c1-12-7-8-16(10-17(12)19-14(3)21)18-13(2)15-6-5-9-20(4)11-15/h7-8,10,13,15,18H,5-6,9,11H2,1-4H3,(H,19,21). The molecule has 0 bridgehead atoms. The van der Waals surface area contributed by atoms with E-state index in [2.05, 4.69) is 35.6 Å². The van der Waals surface area contributed by atoms with Crippen molar-refractivity contribution >= 4 is 17.3 Å². The Morgan fingerprint density at radius 1 is 1.43 bits per heavy atom. The summed E-state index contributed by atoms with van der Waals surface area (Å²) in [5, 5.41) is 6.48. The third kappa shape index (κ3) is 4.46. The second kappa shape index (κ2) is 6.94. The van der Waals surface area contributed by atoms with Crippen molar-refractivity contribution in [3.05, 3.63) is 23.8 Å². The van der Waals surface area contributed by atoms with Crippen LogP contribution in [-0.4, -0.2) is 37.0 Å². The van der Waals surface area contributed by atoms with Crippen LogP contribution in [0.25, 0.3) is 0 Å². The Kier molecular flexibility index (Phi) is 5.23. The van der Waals surface area contributed by atoms with Crippen LogP contribution in [0.3, 0.4) is 0 Å². The number of nitrogens with one attached hydrogen (secondary N) is 2.